The summed E-state index contributed by atoms with van der Waals surface area (Å²) in [4.78, 5) is 0. The van der Waals surface area contributed by atoms with Crippen LogP contribution in [0.2, 0.25) is 0 Å². The van der Waals surface area contributed by atoms with E-state index in [2.05, 4.69) is 5.32 Å². The highest BCUT2D eigenvalue weighted by atomic mass is 14.8. The van der Waals surface area contributed by atoms with Gasteiger partial charge in [-0.1, -0.05) is 18.2 Å². The number of nitrogens with two attached hydrogens (primary N) is 1. The molecule has 0 bridgehead atoms. The van der Waals surface area contributed by atoms with E-state index in [0.29, 0.717) is 0 Å². The van der Waals surface area contributed by atoms with E-state index in [1.54, 1.807) is 0 Å². The summed E-state index contributed by atoms with van der Waals surface area (Å²) in [7, 11) is 1.89. The van der Waals surface area contributed by atoms with E-state index in [1.807, 2.05) is 44.3 Å². The second-order valence-corrected chi connectivity index (χ2v) is 2.56. The fourth-order valence-electron chi connectivity index (χ4n) is 1.15. The van der Waals surface area contributed by atoms with Crippen molar-refractivity contribution in [3.8, 4) is 0 Å². The summed E-state index contributed by atoms with van der Waals surface area (Å²) < 4.78 is 0. The summed E-state index contributed by atoms with van der Waals surface area (Å²) in [5.74, 6) is 0. The molecule has 3 N–H and O–H groups in total. The maximum atomic E-state index is 5.79. The fourth-order valence-corrected chi connectivity index (χ4v) is 1.15. The van der Waals surface area contributed by atoms with Crippen LogP contribution in [0.1, 0.15) is 12.5 Å². The Labute approximate surface area is 73.1 Å². The SMILES string of the molecule is C/C=C\c1c(N)cccc1NC. The molecular formula is C10H14N2. The van der Waals surface area contributed by atoms with E-state index >= 15 is 0 Å². The Kier molecular flexibility index (Phi) is 2.75. The minimum atomic E-state index is 0.806. The number of anilines is 2. The molecule has 0 amide bonds. The largest absolute Gasteiger partial charge is 0.398 e. The van der Waals surface area contributed by atoms with Crippen LogP contribution < -0.4 is 11.1 Å². The minimum Gasteiger partial charge on any atom is -0.398 e. The van der Waals surface area contributed by atoms with Gasteiger partial charge in [0.15, 0.2) is 0 Å². The molecule has 0 atom stereocenters. The fraction of sp³-hybridized carbons (Fsp3) is 0.200. The highest BCUT2D eigenvalue weighted by Gasteiger charge is 1.99. The highest BCUT2D eigenvalue weighted by molar-refractivity contribution is 5.76. The van der Waals surface area contributed by atoms with Gasteiger partial charge in [-0.05, 0) is 19.1 Å². The molecule has 1 aromatic carbocycles. The van der Waals surface area contributed by atoms with Gasteiger partial charge in [0, 0.05) is 24.0 Å². The van der Waals surface area contributed by atoms with Crippen LogP contribution in [0.5, 0.6) is 0 Å². The first-order valence-corrected chi connectivity index (χ1v) is 3.98. The third-order valence-corrected chi connectivity index (χ3v) is 1.74. The van der Waals surface area contributed by atoms with Gasteiger partial charge in [-0.2, -0.15) is 0 Å². The van der Waals surface area contributed by atoms with Gasteiger partial charge in [0.1, 0.15) is 0 Å². The normalized spacial score (nSPS) is 10.5. The average Bonchev–Trinajstić information content (AvgIpc) is 2.09. The zero-order valence-electron chi connectivity index (χ0n) is 7.46. The zero-order valence-corrected chi connectivity index (χ0v) is 7.46. The quantitative estimate of drug-likeness (QED) is 0.655. The van der Waals surface area contributed by atoms with Crippen LogP contribution in [0.15, 0.2) is 24.3 Å². The molecule has 1 rings (SSSR count). The zero-order chi connectivity index (χ0) is 8.97. The summed E-state index contributed by atoms with van der Waals surface area (Å²) in [5.41, 5.74) is 8.72. The maximum absolute atomic E-state index is 5.79. The third-order valence-electron chi connectivity index (χ3n) is 1.74. The van der Waals surface area contributed by atoms with Crippen LogP contribution >= 0.6 is 0 Å². The first kappa shape index (κ1) is 8.65. The summed E-state index contributed by atoms with van der Waals surface area (Å²) in [6.45, 7) is 1.98. The van der Waals surface area contributed by atoms with Gasteiger partial charge in [-0.15, -0.1) is 0 Å². The number of nitrogens with one attached hydrogen (secondary N) is 1. The number of hydrogen-bond acceptors (Lipinski definition) is 2. The molecule has 0 saturated heterocycles. The smallest absolute Gasteiger partial charge is 0.0431 e. The van der Waals surface area contributed by atoms with E-state index in [4.69, 9.17) is 5.73 Å². The summed E-state index contributed by atoms with van der Waals surface area (Å²) in [5, 5.41) is 3.09. The molecule has 0 spiro atoms. The van der Waals surface area contributed by atoms with Gasteiger partial charge in [0.05, 0.1) is 0 Å². The molecule has 0 radical (unpaired) electrons. The lowest BCUT2D eigenvalue weighted by Gasteiger charge is -2.07. The lowest BCUT2D eigenvalue weighted by Crippen LogP contribution is -1.95. The Morgan fingerprint density at radius 2 is 2.17 bits per heavy atom. The van der Waals surface area contributed by atoms with Crippen molar-refractivity contribution in [1.29, 1.82) is 0 Å². The van der Waals surface area contributed by atoms with E-state index in [1.165, 1.54) is 0 Å². The lowest BCUT2D eigenvalue weighted by atomic mass is 10.1. The molecule has 12 heavy (non-hydrogen) atoms. The van der Waals surface area contributed by atoms with Crippen molar-refractivity contribution in [2.24, 2.45) is 0 Å². The summed E-state index contributed by atoms with van der Waals surface area (Å²) in [6.07, 6.45) is 3.98. The average molecular weight is 162 g/mol. The van der Waals surface area contributed by atoms with Crippen LogP contribution in [0, 0.1) is 0 Å². The standard InChI is InChI=1S/C10H14N2/c1-3-5-8-9(11)6-4-7-10(8)12-2/h3-7,12H,11H2,1-2H3/b5-3-. The van der Waals surface area contributed by atoms with Gasteiger partial charge < -0.3 is 11.1 Å². The van der Waals surface area contributed by atoms with E-state index in [9.17, 15) is 0 Å². The van der Waals surface area contributed by atoms with Crippen molar-refractivity contribution >= 4 is 17.5 Å². The second kappa shape index (κ2) is 3.81. The molecule has 0 aliphatic heterocycles. The van der Waals surface area contributed by atoms with E-state index in [-0.39, 0.29) is 0 Å². The van der Waals surface area contributed by atoms with Crippen LogP contribution in [0.4, 0.5) is 11.4 Å². The molecule has 2 heteroatoms. The lowest BCUT2D eigenvalue weighted by molar-refractivity contribution is 1.49. The number of nitrogen functional groups attached to an aromatic ring is 1. The van der Waals surface area contributed by atoms with E-state index < -0.39 is 0 Å². The monoisotopic (exact) mass is 162 g/mol. The van der Waals surface area contributed by atoms with Crippen LogP contribution in [0.3, 0.4) is 0 Å². The number of hydrogen-bond donors (Lipinski definition) is 2. The van der Waals surface area contributed by atoms with Gasteiger partial charge in [0.2, 0.25) is 0 Å². The maximum Gasteiger partial charge on any atom is 0.0431 e. The first-order chi connectivity index (χ1) is 5.79. The van der Waals surface area contributed by atoms with Crippen molar-refractivity contribution in [3.05, 3.63) is 29.8 Å². The predicted octanol–water partition coefficient (Wildman–Crippen LogP) is 2.34. The van der Waals surface area contributed by atoms with Crippen LogP contribution in [-0.2, 0) is 0 Å². The molecule has 0 saturated carbocycles. The number of rotatable bonds is 2. The Morgan fingerprint density at radius 1 is 1.42 bits per heavy atom. The van der Waals surface area contributed by atoms with Crippen molar-refractivity contribution in [2.75, 3.05) is 18.1 Å². The molecule has 0 aromatic heterocycles. The third kappa shape index (κ3) is 1.59. The van der Waals surface area contributed by atoms with Crippen molar-refractivity contribution in [2.45, 2.75) is 6.92 Å². The molecule has 0 unspecified atom stereocenters. The topological polar surface area (TPSA) is 38.0 Å². The molecular weight excluding hydrogens is 148 g/mol. The van der Waals surface area contributed by atoms with Crippen molar-refractivity contribution in [1.82, 2.24) is 0 Å². The highest BCUT2D eigenvalue weighted by Crippen LogP contribution is 2.22. The van der Waals surface area contributed by atoms with Gasteiger partial charge in [-0.3, -0.25) is 0 Å². The molecule has 2 nitrogen and oxygen atoms in total. The molecule has 0 aliphatic rings. The van der Waals surface area contributed by atoms with Crippen LogP contribution in [-0.4, -0.2) is 7.05 Å². The molecule has 64 valence electrons. The Morgan fingerprint density at radius 3 is 2.75 bits per heavy atom. The predicted molar refractivity (Wildman–Crippen MR) is 55.1 cm³/mol. The Bertz CT molecular complexity index is 290. The summed E-state index contributed by atoms with van der Waals surface area (Å²) in [6, 6.07) is 5.84. The summed E-state index contributed by atoms with van der Waals surface area (Å²) >= 11 is 0. The second-order valence-electron chi connectivity index (χ2n) is 2.56. The molecule has 1 aromatic rings. The number of benzene rings is 1. The van der Waals surface area contributed by atoms with Gasteiger partial charge in [-0.25, -0.2) is 0 Å². The Balaban J connectivity index is 3.19. The van der Waals surface area contributed by atoms with E-state index in [0.717, 1.165) is 16.9 Å². The van der Waals surface area contributed by atoms with Crippen molar-refractivity contribution in [3.63, 3.8) is 0 Å². The van der Waals surface area contributed by atoms with Crippen LogP contribution in [0.25, 0.3) is 6.08 Å². The molecule has 0 aliphatic carbocycles. The molecule has 0 heterocycles. The minimum absolute atomic E-state index is 0.806. The van der Waals surface area contributed by atoms with Crippen molar-refractivity contribution < 1.29 is 0 Å². The first-order valence-electron chi connectivity index (χ1n) is 3.98. The van der Waals surface area contributed by atoms with Gasteiger partial charge in [0.25, 0.3) is 0 Å². The Hall–Kier alpha value is -1.44. The van der Waals surface area contributed by atoms with Gasteiger partial charge >= 0.3 is 0 Å². The number of allylic oxidation sites excluding steroid dienone is 1. The molecule has 0 fully saturated rings.